The lowest BCUT2D eigenvalue weighted by atomic mass is 9.66. The molecule has 29 heavy (non-hydrogen) atoms. The second-order valence-electron chi connectivity index (χ2n) is 8.61. The van der Waals surface area contributed by atoms with Crippen molar-refractivity contribution in [2.45, 2.75) is 32.0 Å². The molecular formula is C24H24N4O. The van der Waals surface area contributed by atoms with E-state index in [1.54, 1.807) is 0 Å². The third-order valence-corrected chi connectivity index (χ3v) is 6.71. The third kappa shape index (κ3) is 2.97. The fourth-order valence-electron chi connectivity index (χ4n) is 5.14. The Morgan fingerprint density at radius 3 is 3.03 bits per heavy atom. The Morgan fingerprint density at radius 2 is 2.07 bits per heavy atom. The highest BCUT2D eigenvalue weighted by Gasteiger charge is 2.49. The van der Waals surface area contributed by atoms with Crippen molar-refractivity contribution in [3.8, 4) is 0 Å². The molecule has 1 aliphatic carbocycles. The van der Waals surface area contributed by atoms with Gasteiger partial charge in [0.05, 0.1) is 12.7 Å². The molecule has 3 aromatic heterocycles. The van der Waals surface area contributed by atoms with E-state index in [1.165, 1.54) is 41.3 Å². The molecule has 0 atom stereocenters. The first-order valence-electron chi connectivity index (χ1n) is 10.4. The van der Waals surface area contributed by atoms with Gasteiger partial charge >= 0.3 is 0 Å². The minimum atomic E-state index is 0.377. The zero-order chi connectivity index (χ0) is 19.3. The van der Waals surface area contributed by atoms with Gasteiger partial charge in [0.1, 0.15) is 5.65 Å². The van der Waals surface area contributed by atoms with E-state index in [2.05, 4.69) is 57.5 Å². The molecule has 2 fully saturated rings. The van der Waals surface area contributed by atoms with Gasteiger partial charge in [-0.05, 0) is 54.5 Å². The molecule has 0 N–H and O–H groups in total. The lowest BCUT2D eigenvalue weighted by Gasteiger charge is -2.45. The summed E-state index contributed by atoms with van der Waals surface area (Å²) in [4.78, 5) is 11.2. The maximum absolute atomic E-state index is 6.22. The summed E-state index contributed by atoms with van der Waals surface area (Å²) in [5, 5.41) is 2.52. The number of rotatable bonds is 4. The molecule has 0 amide bonds. The highest BCUT2D eigenvalue weighted by molar-refractivity contribution is 5.93. The van der Waals surface area contributed by atoms with Gasteiger partial charge in [0.25, 0.3) is 0 Å². The molecule has 0 radical (unpaired) electrons. The Balaban J connectivity index is 1.09. The van der Waals surface area contributed by atoms with Gasteiger partial charge in [-0.25, -0.2) is 4.98 Å². The molecule has 1 saturated carbocycles. The van der Waals surface area contributed by atoms with Gasteiger partial charge in [-0.3, -0.25) is 4.98 Å². The molecule has 4 heterocycles. The first-order valence-corrected chi connectivity index (χ1v) is 10.4. The van der Waals surface area contributed by atoms with Crippen LogP contribution in [0.15, 0.2) is 67.4 Å². The van der Waals surface area contributed by atoms with E-state index in [4.69, 9.17) is 4.74 Å². The average Bonchev–Trinajstić information content (AvgIpc) is 3.38. The lowest BCUT2D eigenvalue weighted by molar-refractivity contribution is -0.0794. The Kier molecular flexibility index (Phi) is 3.84. The van der Waals surface area contributed by atoms with Crippen molar-refractivity contribution in [2.75, 3.05) is 18.0 Å². The predicted octanol–water partition coefficient (Wildman–Crippen LogP) is 4.46. The van der Waals surface area contributed by atoms with Crippen LogP contribution in [-0.4, -0.2) is 33.6 Å². The minimum absolute atomic E-state index is 0.377. The van der Waals surface area contributed by atoms with Crippen LogP contribution in [0.4, 0.5) is 5.69 Å². The van der Waals surface area contributed by atoms with Crippen molar-refractivity contribution in [2.24, 2.45) is 5.41 Å². The summed E-state index contributed by atoms with van der Waals surface area (Å²) >= 11 is 0. The zero-order valence-corrected chi connectivity index (χ0v) is 16.4. The van der Waals surface area contributed by atoms with Gasteiger partial charge in [0.15, 0.2) is 0 Å². The zero-order valence-electron chi connectivity index (χ0n) is 16.4. The smallest absolute Gasteiger partial charge is 0.136 e. The van der Waals surface area contributed by atoms with Crippen LogP contribution in [0, 0.1) is 5.41 Å². The van der Waals surface area contributed by atoms with E-state index in [9.17, 15) is 0 Å². The molecule has 2 aliphatic rings. The van der Waals surface area contributed by atoms with E-state index < -0.39 is 0 Å². The van der Waals surface area contributed by atoms with Gasteiger partial charge in [-0.15, -0.1) is 0 Å². The monoisotopic (exact) mass is 384 g/mol. The van der Waals surface area contributed by atoms with Crippen molar-refractivity contribution < 1.29 is 4.74 Å². The maximum atomic E-state index is 6.22. The summed E-state index contributed by atoms with van der Waals surface area (Å²) < 4.78 is 8.25. The molecule has 1 saturated heterocycles. The number of hydrogen-bond acceptors (Lipinski definition) is 4. The summed E-state index contributed by atoms with van der Waals surface area (Å²) in [7, 11) is 0. The number of imidazole rings is 1. The second kappa shape index (κ2) is 6.56. The molecule has 4 aromatic rings. The highest BCUT2D eigenvalue weighted by atomic mass is 16.5. The van der Waals surface area contributed by atoms with Crippen LogP contribution in [0.2, 0.25) is 0 Å². The molecular weight excluding hydrogens is 360 g/mol. The van der Waals surface area contributed by atoms with Crippen LogP contribution in [0.5, 0.6) is 0 Å². The Morgan fingerprint density at radius 1 is 1.10 bits per heavy atom. The molecule has 6 rings (SSSR count). The van der Waals surface area contributed by atoms with E-state index in [-0.39, 0.29) is 0 Å². The van der Waals surface area contributed by atoms with Crippen molar-refractivity contribution >= 4 is 22.1 Å². The van der Waals surface area contributed by atoms with Gasteiger partial charge < -0.3 is 14.0 Å². The number of nitrogens with zero attached hydrogens (tertiary/aromatic N) is 4. The fraction of sp³-hybridized carbons (Fsp3) is 0.333. The summed E-state index contributed by atoms with van der Waals surface area (Å²) in [6, 6.07) is 12.9. The van der Waals surface area contributed by atoms with Crippen LogP contribution >= 0.6 is 0 Å². The fourth-order valence-corrected chi connectivity index (χ4v) is 5.14. The highest BCUT2D eigenvalue weighted by Crippen LogP contribution is 2.51. The van der Waals surface area contributed by atoms with Crippen LogP contribution in [0.25, 0.3) is 16.4 Å². The van der Waals surface area contributed by atoms with E-state index in [0.717, 1.165) is 18.7 Å². The Hall–Kier alpha value is -2.92. The largest absolute Gasteiger partial charge is 0.373 e. The molecule has 5 nitrogen and oxygen atoms in total. The second-order valence-corrected chi connectivity index (χ2v) is 8.61. The number of anilines is 1. The summed E-state index contributed by atoms with van der Waals surface area (Å²) in [5.74, 6) is 0. The average molecular weight is 384 g/mol. The van der Waals surface area contributed by atoms with E-state index in [1.807, 2.05) is 29.2 Å². The number of aromatic nitrogens is 3. The Labute approximate surface area is 170 Å². The molecule has 0 bridgehead atoms. The summed E-state index contributed by atoms with van der Waals surface area (Å²) in [6.07, 6.45) is 13.7. The predicted molar refractivity (Wildman–Crippen MR) is 114 cm³/mol. The molecule has 1 aliphatic heterocycles. The van der Waals surface area contributed by atoms with Crippen LogP contribution in [0.3, 0.4) is 0 Å². The van der Waals surface area contributed by atoms with Crippen LogP contribution < -0.4 is 4.90 Å². The normalized spacial score (nSPS) is 23.9. The molecule has 146 valence electrons. The number of fused-ring (bicyclic) bond motifs is 2. The van der Waals surface area contributed by atoms with Crippen molar-refractivity contribution in [3.63, 3.8) is 0 Å². The topological polar surface area (TPSA) is 42.7 Å². The van der Waals surface area contributed by atoms with Crippen molar-refractivity contribution in [1.82, 2.24) is 14.4 Å². The van der Waals surface area contributed by atoms with Gasteiger partial charge in [-0.1, -0.05) is 12.1 Å². The summed E-state index contributed by atoms with van der Waals surface area (Å²) in [5.41, 5.74) is 3.95. The van der Waals surface area contributed by atoms with E-state index >= 15 is 0 Å². The quantitative estimate of drug-likeness (QED) is 0.521. The van der Waals surface area contributed by atoms with E-state index in [0.29, 0.717) is 18.1 Å². The molecule has 0 unspecified atom stereocenters. The van der Waals surface area contributed by atoms with Crippen LogP contribution in [0.1, 0.15) is 24.8 Å². The Bertz CT molecular complexity index is 1170. The summed E-state index contributed by atoms with van der Waals surface area (Å²) in [6.45, 7) is 2.93. The number of benzene rings is 1. The minimum Gasteiger partial charge on any atom is -0.373 e. The maximum Gasteiger partial charge on any atom is 0.136 e. The lowest BCUT2D eigenvalue weighted by Crippen LogP contribution is -2.44. The van der Waals surface area contributed by atoms with Gasteiger partial charge in [0, 0.05) is 60.5 Å². The number of ether oxygens (including phenoxy) is 1. The van der Waals surface area contributed by atoms with Crippen LogP contribution in [-0.2, 0) is 11.3 Å². The van der Waals surface area contributed by atoms with Gasteiger partial charge in [-0.2, -0.15) is 0 Å². The van der Waals surface area contributed by atoms with Gasteiger partial charge in [0.2, 0.25) is 0 Å². The third-order valence-electron chi connectivity index (χ3n) is 6.71. The van der Waals surface area contributed by atoms with Crippen molar-refractivity contribution in [3.05, 3.63) is 72.9 Å². The molecule has 1 spiro atoms. The number of hydrogen-bond donors (Lipinski definition) is 0. The standard InChI is InChI=1S/C24H24N4O/c1-2-19-15-25-7-4-21(19)22(3-1)28-10-6-24(17-28)13-20(14-24)29-16-18-5-9-27-11-8-26-23(27)12-18/h1-5,7-9,11-12,15,20H,6,10,13-14,16-17H2. The molecule has 1 aromatic carbocycles. The molecule has 5 heteroatoms. The first-order chi connectivity index (χ1) is 14.3. The number of pyridine rings is 2. The first kappa shape index (κ1) is 17.0. The SMILES string of the molecule is c1cc(N2CCC3(CC(OCc4ccn5ccnc5c4)C3)C2)c2ccncc2c1. The van der Waals surface area contributed by atoms with Crippen molar-refractivity contribution in [1.29, 1.82) is 0 Å².